The molecule has 0 bridgehead atoms. The van der Waals surface area contributed by atoms with Crippen molar-refractivity contribution in [3.8, 4) is 0 Å². The monoisotopic (exact) mass is 356 g/mol. The number of rotatable bonds is 3. The molecule has 2 aliphatic heterocycles. The summed E-state index contributed by atoms with van der Waals surface area (Å²) in [5.74, 6) is -3.41. The molecule has 1 atom stereocenters. The van der Waals surface area contributed by atoms with Crippen molar-refractivity contribution in [3.63, 3.8) is 0 Å². The molecule has 1 aromatic rings. The highest BCUT2D eigenvalue weighted by molar-refractivity contribution is 7.85. The van der Waals surface area contributed by atoms with E-state index in [9.17, 15) is 27.2 Å². The largest absolute Gasteiger partial charge is 0.322 e. The Morgan fingerprint density at radius 2 is 2.00 bits per heavy atom. The fourth-order valence-electron chi connectivity index (χ4n) is 2.96. The fraction of sp³-hybridized carbons (Fsp3) is 0.357. The van der Waals surface area contributed by atoms with Gasteiger partial charge in [0.05, 0.1) is 6.54 Å². The number of halogens is 1. The second-order valence-electron chi connectivity index (χ2n) is 5.69. The lowest BCUT2D eigenvalue weighted by molar-refractivity contribution is -0.136. The number of amides is 3. The predicted molar refractivity (Wildman–Crippen MR) is 77.7 cm³/mol. The number of benzene rings is 1. The van der Waals surface area contributed by atoms with Gasteiger partial charge in [-0.3, -0.25) is 24.3 Å². The Bertz CT molecular complexity index is 866. The van der Waals surface area contributed by atoms with Crippen molar-refractivity contribution in [2.75, 3.05) is 0 Å². The summed E-state index contributed by atoms with van der Waals surface area (Å²) in [5, 5.41) is 2.13. The molecule has 1 fully saturated rings. The van der Waals surface area contributed by atoms with Gasteiger partial charge in [-0.2, -0.15) is 8.42 Å². The van der Waals surface area contributed by atoms with Crippen molar-refractivity contribution < 1.29 is 31.7 Å². The van der Waals surface area contributed by atoms with E-state index in [1.54, 1.807) is 0 Å². The normalized spacial score (nSPS) is 21.0. The molecule has 0 radical (unpaired) electrons. The molecule has 0 saturated carbocycles. The van der Waals surface area contributed by atoms with Gasteiger partial charge in [-0.25, -0.2) is 4.39 Å². The number of nitrogens with one attached hydrogen (secondary N) is 1. The lowest BCUT2D eigenvalue weighted by Gasteiger charge is -2.29. The van der Waals surface area contributed by atoms with Gasteiger partial charge in [-0.05, 0) is 12.5 Å². The molecule has 8 nitrogen and oxygen atoms in total. The van der Waals surface area contributed by atoms with Gasteiger partial charge in [0.1, 0.15) is 17.6 Å². The molecule has 1 aromatic carbocycles. The van der Waals surface area contributed by atoms with Gasteiger partial charge in [-0.15, -0.1) is 0 Å². The van der Waals surface area contributed by atoms with E-state index in [0.717, 1.165) is 11.0 Å². The Balaban J connectivity index is 1.91. The number of piperidine rings is 1. The standard InChI is InChI=1S/C14H13FN2O6S/c15-12-7(6-24(21,22)23)1-2-8-9(12)5-17(14(8)20)10-3-4-11(18)16-13(10)19/h1-2,10H,3-6H2,(H,16,18,19)(H,21,22,23). The van der Waals surface area contributed by atoms with Crippen LogP contribution >= 0.6 is 0 Å². The molecular formula is C14H13FN2O6S. The first-order chi connectivity index (χ1) is 11.2. The molecular weight excluding hydrogens is 343 g/mol. The van der Waals surface area contributed by atoms with Gasteiger partial charge >= 0.3 is 0 Å². The van der Waals surface area contributed by atoms with Crippen LogP contribution in [0.4, 0.5) is 4.39 Å². The summed E-state index contributed by atoms with van der Waals surface area (Å²) in [6, 6.07) is 1.51. The Morgan fingerprint density at radius 3 is 2.62 bits per heavy atom. The van der Waals surface area contributed by atoms with E-state index in [-0.39, 0.29) is 36.1 Å². The number of fused-ring (bicyclic) bond motifs is 1. The summed E-state index contributed by atoms with van der Waals surface area (Å²) in [6.07, 6.45) is 0.219. The molecule has 1 saturated heterocycles. The van der Waals surface area contributed by atoms with Crippen LogP contribution in [0.2, 0.25) is 0 Å². The minimum Gasteiger partial charge on any atom is -0.322 e. The Kier molecular flexibility index (Phi) is 3.88. The van der Waals surface area contributed by atoms with Gasteiger partial charge in [0.25, 0.3) is 16.0 Å². The van der Waals surface area contributed by atoms with Crippen LogP contribution < -0.4 is 5.32 Å². The van der Waals surface area contributed by atoms with E-state index in [4.69, 9.17) is 4.55 Å². The zero-order valence-corrected chi connectivity index (χ0v) is 13.1. The highest BCUT2D eigenvalue weighted by atomic mass is 32.2. The average Bonchev–Trinajstić information content (AvgIpc) is 2.79. The lowest BCUT2D eigenvalue weighted by Crippen LogP contribution is -2.52. The van der Waals surface area contributed by atoms with Crippen molar-refractivity contribution >= 4 is 27.8 Å². The first kappa shape index (κ1) is 16.5. The highest BCUT2D eigenvalue weighted by Gasteiger charge is 2.40. The van der Waals surface area contributed by atoms with E-state index in [1.165, 1.54) is 6.07 Å². The summed E-state index contributed by atoms with van der Waals surface area (Å²) in [7, 11) is -4.42. The summed E-state index contributed by atoms with van der Waals surface area (Å²) in [4.78, 5) is 36.6. The first-order valence-electron chi connectivity index (χ1n) is 7.07. The van der Waals surface area contributed by atoms with Crippen LogP contribution in [0, 0.1) is 5.82 Å². The average molecular weight is 356 g/mol. The third kappa shape index (κ3) is 2.89. The Labute approximate surface area is 136 Å². The molecule has 2 heterocycles. The minimum absolute atomic E-state index is 0.0224. The number of hydrogen-bond donors (Lipinski definition) is 2. The molecule has 10 heteroatoms. The summed E-state index contributed by atoms with van der Waals surface area (Å²) in [6.45, 7) is -0.203. The third-order valence-corrected chi connectivity index (χ3v) is 4.74. The smallest absolute Gasteiger partial charge is 0.269 e. The van der Waals surface area contributed by atoms with Crippen molar-refractivity contribution in [2.45, 2.75) is 31.2 Å². The zero-order valence-electron chi connectivity index (χ0n) is 12.3. The Morgan fingerprint density at radius 1 is 1.29 bits per heavy atom. The van der Waals surface area contributed by atoms with Crippen LogP contribution in [-0.2, 0) is 32.0 Å². The van der Waals surface area contributed by atoms with E-state index in [0.29, 0.717) is 0 Å². The van der Waals surface area contributed by atoms with Crippen LogP contribution in [0.1, 0.15) is 34.3 Å². The molecule has 2 aliphatic rings. The molecule has 24 heavy (non-hydrogen) atoms. The summed E-state index contributed by atoms with van der Waals surface area (Å²) < 4.78 is 45.2. The second kappa shape index (κ2) is 5.64. The fourth-order valence-corrected chi connectivity index (χ4v) is 3.58. The van der Waals surface area contributed by atoms with Gasteiger partial charge in [0.2, 0.25) is 11.8 Å². The Hall–Kier alpha value is -2.33. The van der Waals surface area contributed by atoms with Crippen LogP contribution in [0.15, 0.2) is 12.1 Å². The molecule has 1 unspecified atom stereocenters. The molecule has 0 aromatic heterocycles. The molecule has 0 aliphatic carbocycles. The quantitative estimate of drug-likeness (QED) is 0.580. The van der Waals surface area contributed by atoms with E-state index >= 15 is 0 Å². The zero-order chi connectivity index (χ0) is 17.6. The maximum absolute atomic E-state index is 14.5. The predicted octanol–water partition coefficient (Wildman–Crippen LogP) is -0.0255. The molecule has 2 N–H and O–H groups in total. The van der Waals surface area contributed by atoms with Crippen LogP contribution in [0.3, 0.4) is 0 Å². The van der Waals surface area contributed by atoms with Crippen molar-refractivity contribution in [3.05, 3.63) is 34.6 Å². The molecule has 3 rings (SSSR count). The SMILES string of the molecule is O=C1CCC(N2Cc3c(ccc(CS(=O)(=O)O)c3F)C2=O)C(=O)N1. The van der Waals surface area contributed by atoms with Gasteiger partial charge < -0.3 is 4.90 Å². The van der Waals surface area contributed by atoms with Crippen molar-refractivity contribution in [1.82, 2.24) is 10.2 Å². The maximum atomic E-state index is 14.5. The second-order valence-corrected chi connectivity index (χ2v) is 7.14. The van der Waals surface area contributed by atoms with Gasteiger partial charge in [0.15, 0.2) is 0 Å². The molecule has 3 amide bonds. The topological polar surface area (TPSA) is 121 Å². The van der Waals surface area contributed by atoms with E-state index in [2.05, 4.69) is 5.32 Å². The number of carbonyl (C=O) groups is 3. The first-order valence-corrected chi connectivity index (χ1v) is 8.68. The number of imide groups is 1. The van der Waals surface area contributed by atoms with Gasteiger partial charge in [-0.1, -0.05) is 6.07 Å². The van der Waals surface area contributed by atoms with E-state index in [1.807, 2.05) is 0 Å². The van der Waals surface area contributed by atoms with Crippen molar-refractivity contribution in [1.29, 1.82) is 0 Å². The molecule has 0 spiro atoms. The highest BCUT2D eigenvalue weighted by Crippen LogP contribution is 2.31. The van der Waals surface area contributed by atoms with Gasteiger partial charge in [0, 0.05) is 23.1 Å². The molecule has 128 valence electrons. The number of hydrogen-bond acceptors (Lipinski definition) is 5. The van der Waals surface area contributed by atoms with Crippen LogP contribution in [0.25, 0.3) is 0 Å². The minimum atomic E-state index is -4.42. The summed E-state index contributed by atoms with van der Waals surface area (Å²) >= 11 is 0. The van der Waals surface area contributed by atoms with Crippen molar-refractivity contribution in [2.24, 2.45) is 0 Å². The third-order valence-electron chi connectivity index (χ3n) is 4.07. The number of carbonyl (C=O) groups excluding carboxylic acids is 3. The van der Waals surface area contributed by atoms with Crippen LogP contribution in [-0.4, -0.2) is 41.6 Å². The number of nitrogens with zero attached hydrogens (tertiary/aromatic N) is 1. The lowest BCUT2D eigenvalue weighted by atomic mass is 10.0. The summed E-state index contributed by atoms with van der Waals surface area (Å²) in [5.41, 5.74) is -0.240. The maximum Gasteiger partial charge on any atom is 0.269 e. The van der Waals surface area contributed by atoms with Crippen LogP contribution in [0.5, 0.6) is 0 Å². The van der Waals surface area contributed by atoms with E-state index < -0.39 is 45.5 Å².